The molecule has 0 heterocycles. The molecular weight excluding hydrogens is 264 g/mol. The standard InChI is InChI=1S/C17H24N2O2/c1-4-11-18-17(20)19(13(2)15-7-8-15)12-14-5-9-16(21-3)10-6-14/h4-6,9-10,13,15H,1,7-8,11-12H2,2-3H3,(H,18,20). The molecule has 1 saturated carbocycles. The van der Waals surface area contributed by atoms with Crippen molar-refractivity contribution in [2.24, 2.45) is 5.92 Å². The maximum absolute atomic E-state index is 12.3. The molecule has 1 aromatic rings. The van der Waals surface area contributed by atoms with Crippen molar-refractivity contribution in [2.75, 3.05) is 13.7 Å². The van der Waals surface area contributed by atoms with Crippen LogP contribution >= 0.6 is 0 Å². The molecule has 1 unspecified atom stereocenters. The molecule has 4 nitrogen and oxygen atoms in total. The summed E-state index contributed by atoms with van der Waals surface area (Å²) in [5, 5.41) is 2.88. The van der Waals surface area contributed by atoms with Crippen LogP contribution in [-0.4, -0.2) is 30.6 Å². The van der Waals surface area contributed by atoms with Gasteiger partial charge in [0.05, 0.1) is 7.11 Å². The third-order valence-electron chi connectivity index (χ3n) is 3.97. The van der Waals surface area contributed by atoms with Crippen LogP contribution in [-0.2, 0) is 6.54 Å². The molecule has 21 heavy (non-hydrogen) atoms. The number of methoxy groups -OCH3 is 1. The second-order valence-corrected chi connectivity index (χ2v) is 5.53. The Kier molecular flexibility index (Phi) is 5.26. The van der Waals surface area contributed by atoms with Gasteiger partial charge in [0.1, 0.15) is 5.75 Å². The highest BCUT2D eigenvalue weighted by molar-refractivity contribution is 5.74. The van der Waals surface area contributed by atoms with Crippen LogP contribution in [0.5, 0.6) is 5.75 Å². The predicted octanol–water partition coefficient (Wildman–Crippen LogP) is 3.19. The van der Waals surface area contributed by atoms with Crippen molar-refractivity contribution in [3.8, 4) is 5.75 Å². The van der Waals surface area contributed by atoms with Gasteiger partial charge in [0.15, 0.2) is 0 Å². The number of hydrogen-bond acceptors (Lipinski definition) is 2. The molecule has 1 aliphatic carbocycles. The fraction of sp³-hybridized carbons (Fsp3) is 0.471. The third-order valence-corrected chi connectivity index (χ3v) is 3.97. The lowest BCUT2D eigenvalue weighted by Gasteiger charge is -2.29. The van der Waals surface area contributed by atoms with Crippen LogP contribution in [0.4, 0.5) is 4.79 Å². The summed E-state index contributed by atoms with van der Waals surface area (Å²) in [6.45, 7) is 6.88. The van der Waals surface area contributed by atoms with Crippen molar-refractivity contribution >= 4 is 6.03 Å². The number of amides is 2. The maximum atomic E-state index is 12.3. The lowest BCUT2D eigenvalue weighted by molar-refractivity contribution is 0.168. The SMILES string of the molecule is C=CCNC(=O)N(Cc1ccc(OC)cc1)C(C)C1CC1. The van der Waals surface area contributed by atoms with E-state index in [0.29, 0.717) is 19.0 Å². The average molecular weight is 288 g/mol. The fourth-order valence-electron chi connectivity index (χ4n) is 2.42. The number of carbonyl (C=O) groups excluding carboxylic acids is 1. The molecule has 1 N–H and O–H groups in total. The number of ether oxygens (including phenoxy) is 1. The number of carbonyl (C=O) groups is 1. The second-order valence-electron chi connectivity index (χ2n) is 5.53. The summed E-state index contributed by atoms with van der Waals surface area (Å²) in [5.74, 6) is 1.47. The topological polar surface area (TPSA) is 41.6 Å². The van der Waals surface area contributed by atoms with E-state index in [4.69, 9.17) is 4.74 Å². The van der Waals surface area contributed by atoms with E-state index in [9.17, 15) is 4.79 Å². The number of benzene rings is 1. The summed E-state index contributed by atoms with van der Waals surface area (Å²) in [7, 11) is 1.65. The molecule has 1 aromatic carbocycles. The molecule has 1 atom stereocenters. The summed E-state index contributed by atoms with van der Waals surface area (Å²) >= 11 is 0. The van der Waals surface area contributed by atoms with Crippen LogP contribution in [0, 0.1) is 5.92 Å². The molecule has 0 aliphatic heterocycles. The first-order valence-electron chi connectivity index (χ1n) is 7.44. The Balaban J connectivity index is 2.06. The van der Waals surface area contributed by atoms with Crippen LogP contribution in [0.2, 0.25) is 0 Å². The Labute approximate surface area is 126 Å². The minimum atomic E-state index is -0.0230. The Bertz CT molecular complexity index is 480. The van der Waals surface area contributed by atoms with Gasteiger partial charge in [-0.2, -0.15) is 0 Å². The normalized spacial score (nSPS) is 15.1. The van der Waals surface area contributed by atoms with Crippen molar-refractivity contribution in [1.29, 1.82) is 0 Å². The number of nitrogens with one attached hydrogen (secondary N) is 1. The van der Waals surface area contributed by atoms with Crippen LogP contribution in [0.25, 0.3) is 0 Å². The summed E-state index contributed by atoms with van der Waals surface area (Å²) in [6.07, 6.45) is 4.13. The Morgan fingerprint density at radius 1 is 1.48 bits per heavy atom. The van der Waals surface area contributed by atoms with Crippen molar-refractivity contribution < 1.29 is 9.53 Å². The number of rotatable bonds is 7. The molecule has 114 valence electrons. The molecule has 0 saturated heterocycles. The molecule has 0 spiro atoms. The van der Waals surface area contributed by atoms with E-state index in [1.54, 1.807) is 13.2 Å². The predicted molar refractivity (Wildman–Crippen MR) is 84.3 cm³/mol. The highest BCUT2D eigenvalue weighted by Gasteiger charge is 2.34. The van der Waals surface area contributed by atoms with Crippen LogP contribution in [0.3, 0.4) is 0 Å². The van der Waals surface area contributed by atoms with E-state index in [-0.39, 0.29) is 12.1 Å². The van der Waals surface area contributed by atoms with E-state index in [2.05, 4.69) is 18.8 Å². The Hall–Kier alpha value is -1.97. The molecule has 1 aliphatic rings. The number of hydrogen-bond donors (Lipinski definition) is 1. The van der Waals surface area contributed by atoms with E-state index in [1.807, 2.05) is 29.2 Å². The van der Waals surface area contributed by atoms with Gasteiger partial charge in [-0.15, -0.1) is 6.58 Å². The molecule has 0 radical (unpaired) electrons. The molecule has 4 heteroatoms. The lowest BCUT2D eigenvalue weighted by atomic mass is 10.1. The summed E-state index contributed by atoms with van der Waals surface area (Å²) < 4.78 is 5.17. The van der Waals surface area contributed by atoms with Gasteiger partial charge in [0, 0.05) is 19.1 Å². The van der Waals surface area contributed by atoms with Gasteiger partial charge in [-0.25, -0.2) is 4.79 Å². The van der Waals surface area contributed by atoms with Crippen molar-refractivity contribution in [3.63, 3.8) is 0 Å². The van der Waals surface area contributed by atoms with Crippen molar-refractivity contribution in [2.45, 2.75) is 32.4 Å². The number of urea groups is 1. The van der Waals surface area contributed by atoms with E-state index < -0.39 is 0 Å². The highest BCUT2D eigenvalue weighted by atomic mass is 16.5. The summed E-state index contributed by atoms with van der Waals surface area (Å²) in [5.41, 5.74) is 1.11. The van der Waals surface area contributed by atoms with Crippen LogP contribution in [0.15, 0.2) is 36.9 Å². The minimum absolute atomic E-state index is 0.0230. The highest BCUT2D eigenvalue weighted by Crippen LogP contribution is 2.35. The molecule has 1 fully saturated rings. The second kappa shape index (κ2) is 7.16. The zero-order chi connectivity index (χ0) is 15.2. The van der Waals surface area contributed by atoms with Crippen molar-refractivity contribution in [1.82, 2.24) is 10.2 Å². The smallest absolute Gasteiger partial charge is 0.318 e. The van der Waals surface area contributed by atoms with Gasteiger partial charge in [0.2, 0.25) is 0 Å². The monoisotopic (exact) mass is 288 g/mol. The van der Waals surface area contributed by atoms with E-state index in [0.717, 1.165) is 11.3 Å². The lowest BCUT2D eigenvalue weighted by Crippen LogP contribution is -2.45. The van der Waals surface area contributed by atoms with Gasteiger partial charge in [0.25, 0.3) is 0 Å². The van der Waals surface area contributed by atoms with Crippen molar-refractivity contribution in [3.05, 3.63) is 42.5 Å². The minimum Gasteiger partial charge on any atom is -0.497 e. The number of nitrogens with zero attached hydrogens (tertiary/aromatic N) is 1. The average Bonchev–Trinajstić information content (AvgIpc) is 3.35. The van der Waals surface area contributed by atoms with Gasteiger partial charge in [-0.05, 0) is 43.4 Å². The Morgan fingerprint density at radius 3 is 2.67 bits per heavy atom. The summed E-state index contributed by atoms with van der Waals surface area (Å²) in [4.78, 5) is 14.3. The first-order valence-corrected chi connectivity index (χ1v) is 7.44. The molecular formula is C17H24N2O2. The molecule has 2 amide bonds. The Morgan fingerprint density at radius 2 is 2.14 bits per heavy atom. The van der Waals surface area contributed by atoms with Gasteiger partial charge in [-0.1, -0.05) is 18.2 Å². The van der Waals surface area contributed by atoms with E-state index >= 15 is 0 Å². The maximum Gasteiger partial charge on any atom is 0.318 e. The van der Waals surface area contributed by atoms with Crippen LogP contribution < -0.4 is 10.1 Å². The molecule has 2 rings (SSSR count). The zero-order valence-electron chi connectivity index (χ0n) is 12.8. The summed E-state index contributed by atoms with van der Waals surface area (Å²) in [6, 6.07) is 8.11. The first kappa shape index (κ1) is 15.4. The van der Waals surface area contributed by atoms with Crippen LogP contribution in [0.1, 0.15) is 25.3 Å². The third kappa shape index (κ3) is 4.25. The van der Waals surface area contributed by atoms with Gasteiger partial charge < -0.3 is 15.0 Å². The fourth-order valence-corrected chi connectivity index (χ4v) is 2.42. The molecule has 0 aromatic heterocycles. The molecule has 0 bridgehead atoms. The zero-order valence-corrected chi connectivity index (χ0v) is 12.8. The quantitative estimate of drug-likeness (QED) is 0.783. The van der Waals surface area contributed by atoms with Gasteiger partial charge >= 0.3 is 6.03 Å². The largest absolute Gasteiger partial charge is 0.497 e. The van der Waals surface area contributed by atoms with Gasteiger partial charge in [-0.3, -0.25) is 0 Å². The van der Waals surface area contributed by atoms with E-state index in [1.165, 1.54) is 12.8 Å². The first-order chi connectivity index (χ1) is 10.2.